The molecule has 22 heavy (non-hydrogen) atoms. The number of amides is 1. The van der Waals surface area contributed by atoms with Crippen LogP contribution in [0.4, 0.5) is 0 Å². The van der Waals surface area contributed by atoms with E-state index in [1.807, 2.05) is 0 Å². The van der Waals surface area contributed by atoms with Crippen LogP contribution in [0.3, 0.4) is 0 Å². The van der Waals surface area contributed by atoms with Crippen molar-refractivity contribution >= 4 is 36.4 Å². The van der Waals surface area contributed by atoms with Gasteiger partial charge in [0.05, 0.1) is 0 Å². The average Bonchev–Trinajstić information content (AvgIpc) is 2.38. The molecule has 0 aliphatic carbocycles. The predicted octanol–water partition coefficient (Wildman–Crippen LogP) is -1.93. The number of thiol groups is 1. The minimum absolute atomic E-state index is 0. The van der Waals surface area contributed by atoms with Gasteiger partial charge in [-0.2, -0.15) is 12.6 Å². The SMILES string of the molecule is C.N[C@@H](CCC([O-])=N[C@@H](CS)C(=O)NCC(=O)O)C(=O)O.[Hg+]. The Bertz CT molecular complexity index is 407. The summed E-state index contributed by atoms with van der Waals surface area (Å²) in [5.74, 6) is -3.97. The molecule has 9 nitrogen and oxygen atoms in total. The number of nitrogens with zero attached hydrogens (tertiary/aromatic N) is 1. The zero-order valence-electron chi connectivity index (χ0n) is 11.2. The first-order valence-corrected chi connectivity index (χ1v) is 6.23. The molecule has 0 spiro atoms. The number of carbonyl (C=O) groups excluding carboxylic acids is 1. The van der Waals surface area contributed by atoms with Gasteiger partial charge in [-0.05, 0) is 18.7 Å². The first-order chi connectivity index (χ1) is 9.27. The second kappa shape index (κ2) is 13.8. The summed E-state index contributed by atoms with van der Waals surface area (Å²) in [6.45, 7) is -0.587. The van der Waals surface area contributed by atoms with E-state index in [1.54, 1.807) is 0 Å². The van der Waals surface area contributed by atoms with Crippen molar-refractivity contribution in [3.63, 3.8) is 0 Å². The van der Waals surface area contributed by atoms with E-state index in [-0.39, 0.29) is 53.7 Å². The minimum Gasteiger partial charge on any atom is -0.862 e. The van der Waals surface area contributed by atoms with Gasteiger partial charge in [0.2, 0.25) is 5.91 Å². The average molecular weight is 523 g/mol. The molecule has 0 saturated carbocycles. The van der Waals surface area contributed by atoms with Crippen molar-refractivity contribution in [2.24, 2.45) is 10.7 Å². The van der Waals surface area contributed by atoms with Crippen LogP contribution in [-0.4, -0.2) is 58.3 Å². The molecule has 0 rings (SSSR count). The molecule has 0 aliphatic rings. The van der Waals surface area contributed by atoms with Crippen LogP contribution in [0.25, 0.3) is 0 Å². The second-order valence-corrected chi connectivity index (χ2v) is 4.18. The quantitative estimate of drug-likeness (QED) is 0.102. The molecule has 0 fully saturated rings. The van der Waals surface area contributed by atoms with Gasteiger partial charge in [0.15, 0.2) is 0 Å². The van der Waals surface area contributed by atoms with Gasteiger partial charge < -0.3 is 26.4 Å². The smallest absolute Gasteiger partial charge is 0.862 e. The molecule has 1 amide bonds. The standard InChI is InChI=1S/C10H17N3O6S.CH4.Hg/c11-5(10(18)19)1-2-7(14)13-6(4-20)9(17)12-3-8(15)16;;/h5-6,20H,1-4,11H2,(H,12,17)(H,13,14)(H,15,16)(H,18,19);1H4;/q;;+1/p-1/t5-,6-;;/m0../s1. The molecule has 0 aromatic rings. The van der Waals surface area contributed by atoms with Crippen LogP contribution in [0.5, 0.6) is 0 Å². The largest absolute Gasteiger partial charge is 1.00 e. The number of nitrogens with two attached hydrogens (primary N) is 1. The molecule has 1 radical (unpaired) electrons. The molecule has 0 aromatic heterocycles. The van der Waals surface area contributed by atoms with E-state index in [0.717, 1.165) is 0 Å². The summed E-state index contributed by atoms with van der Waals surface area (Å²) in [5.41, 5.74) is 5.22. The van der Waals surface area contributed by atoms with E-state index < -0.39 is 42.4 Å². The van der Waals surface area contributed by atoms with Gasteiger partial charge in [-0.25, -0.2) is 0 Å². The van der Waals surface area contributed by atoms with Crippen molar-refractivity contribution in [1.82, 2.24) is 5.32 Å². The Balaban J connectivity index is -0.00000180. The summed E-state index contributed by atoms with van der Waals surface area (Å²) < 4.78 is 0. The fourth-order valence-electron chi connectivity index (χ4n) is 1.10. The predicted molar refractivity (Wildman–Crippen MR) is 77.3 cm³/mol. The Morgan fingerprint density at radius 2 is 1.86 bits per heavy atom. The van der Waals surface area contributed by atoms with Crippen molar-refractivity contribution in [3.8, 4) is 0 Å². The number of carboxylic acids is 2. The van der Waals surface area contributed by atoms with Gasteiger partial charge in [0.25, 0.3) is 0 Å². The molecular weight excluding hydrogens is 503 g/mol. The van der Waals surface area contributed by atoms with Crippen LogP contribution in [-0.2, 0) is 42.1 Å². The van der Waals surface area contributed by atoms with Crippen LogP contribution in [0, 0.1) is 0 Å². The maximum absolute atomic E-state index is 11.5. The summed E-state index contributed by atoms with van der Waals surface area (Å²) in [4.78, 5) is 35.7. The first kappa shape index (κ1) is 26.0. The maximum Gasteiger partial charge on any atom is 1.00 e. The molecule has 0 aromatic carbocycles. The Labute approximate surface area is 154 Å². The molecule has 11 heteroatoms. The number of rotatable bonds is 9. The van der Waals surface area contributed by atoms with Gasteiger partial charge in [-0.1, -0.05) is 7.43 Å². The zero-order chi connectivity index (χ0) is 15.7. The number of carboxylic acid groups (broad SMARTS) is 2. The monoisotopic (exact) mass is 524 g/mol. The molecular formula is C11H20HgN3O6S. The molecule has 0 saturated heterocycles. The summed E-state index contributed by atoms with van der Waals surface area (Å²) in [5, 5.41) is 30.4. The Morgan fingerprint density at radius 3 is 2.27 bits per heavy atom. The summed E-state index contributed by atoms with van der Waals surface area (Å²) in [7, 11) is 0. The molecule has 5 N–H and O–H groups in total. The third-order valence-electron chi connectivity index (χ3n) is 2.18. The van der Waals surface area contributed by atoms with E-state index in [0.29, 0.717) is 0 Å². The van der Waals surface area contributed by atoms with Gasteiger partial charge in [-0.15, -0.1) is 0 Å². The van der Waals surface area contributed by atoms with E-state index in [4.69, 9.17) is 15.9 Å². The molecule has 0 unspecified atom stereocenters. The Kier molecular flexibility index (Phi) is 16.3. The number of nitrogens with one attached hydrogen (secondary N) is 1. The van der Waals surface area contributed by atoms with Gasteiger partial charge in [0.1, 0.15) is 18.6 Å². The third-order valence-corrected chi connectivity index (χ3v) is 2.52. The topological polar surface area (TPSA) is 165 Å². The number of aliphatic carboxylic acids is 2. The molecule has 123 valence electrons. The van der Waals surface area contributed by atoms with E-state index in [1.165, 1.54) is 0 Å². The summed E-state index contributed by atoms with van der Waals surface area (Å²) >= 11 is 3.84. The van der Waals surface area contributed by atoms with E-state index in [2.05, 4.69) is 22.9 Å². The second-order valence-electron chi connectivity index (χ2n) is 3.82. The van der Waals surface area contributed by atoms with Crippen LogP contribution < -0.4 is 16.2 Å². The molecule has 0 bridgehead atoms. The first-order valence-electron chi connectivity index (χ1n) is 5.60. The summed E-state index contributed by atoms with van der Waals surface area (Å²) in [6.07, 6.45) is -0.322. The van der Waals surface area contributed by atoms with Crippen molar-refractivity contribution in [2.45, 2.75) is 32.4 Å². The molecule has 2 atom stereocenters. The normalized spacial score (nSPS) is 13.1. The summed E-state index contributed by atoms with van der Waals surface area (Å²) in [6, 6.07) is -2.30. The van der Waals surface area contributed by atoms with Gasteiger partial charge >= 0.3 is 39.6 Å². The van der Waals surface area contributed by atoms with E-state index in [9.17, 15) is 19.5 Å². The number of aliphatic imine (C=N–C) groups is 1. The number of hydrogen-bond donors (Lipinski definition) is 5. The molecule has 0 heterocycles. The minimum atomic E-state index is -1.23. The van der Waals surface area contributed by atoms with Gasteiger partial charge in [-0.3, -0.25) is 19.4 Å². The van der Waals surface area contributed by atoms with Crippen molar-refractivity contribution in [3.05, 3.63) is 0 Å². The number of hydrogen-bond acceptors (Lipinski definition) is 7. The third kappa shape index (κ3) is 11.7. The van der Waals surface area contributed by atoms with Crippen LogP contribution in [0.15, 0.2) is 4.99 Å². The van der Waals surface area contributed by atoms with Gasteiger partial charge in [0, 0.05) is 5.75 Å². The number of carbonyl (C=O) groups is 3. The van der Waals surface area contributed by atoms with E-state index >= 15 is 0 Å². The van der Waals surface area contributed by atoms with Crippen LogP contribution in [0.2, 0.25) is 0 Å². The van der Waals surface area contributed by atoms with Crippen molar-refractivity contribution in [1.29, 1.82) is 0 Å². The van der Waals surface area contributed by atoms with Crippen molar-refractivity contribution < 1.29 is 57.4 Å². The van der Waals surface area contributed by atoms with Crippen LogP contribution >= 0.6 is 12.6 Å². The Morgan fingerprint density at radius 1 is 1.32 bits per heavy atom. The molecule has 0 aliphatic heterocycles. The fraction of sp³-hybridized carbons (Fsp3) is 0.636. The fourth-order valence-corrected chi connectivity index (χ4v) is 1.35. The maximum atomic E-state index is 11.5. The van der Waals surface area contributed by atoms with Crippen molar-refractivity contribution in [2.75, 3.05) is 12.3 Å². The zero-order valence-corrected chi connectivity index (χ0v) is 17.6. The van der Waals surface area contributed by atoms with Crippen LogP contribution in [0.1, 0.15) is 20.3 Å². The Hall–Kier alpha value is -0.875.